The molecule has 1 heterocycles. The molecule has 0 radical (unpaired) electrons. The zero-order chi connectivity index (χ0) is 11.3. The third-order valence-corrected chi connectivity index (χ3v) is 8.74. The Morgan fingerprint density at radius 2 is 1.81 bits per heavy atom. The van der Waals surface area contributed by atoms with Gasteiger partial charge in [-0.2, -0.15) is 0 Å². The molecule has 3 atom stereocenters. The molecule has 2 saturated carbocycles. The molecule has 2 aliphatic carbocycles. The van der Waals surface area contributed by atoms with Crippen molar-refractivity contribution in [3.63, 3.8) is 0 Å². The SMILES string of the molecule is Brc1cc(C(Br)C2C3CCCCC32)sc1Br. The highest BCUT2D eigenvalue weighted by molar-refractivity contribution is 9.13. The van der Waals surface area contributed by atoms with Crippen LogP contribution in [0.25, 0.3) is 0 Å². The molecule has 0 bridgehead atoms. The van der Waals surface area contributed by atoms with Crippen LogP contribution in [0, 0.1) is 17.8 Å². The van der Waals surface area contributed by atoms with Crippen LogP contribution in [0.15, 0.2) is 14.3 Å². The van der Waals surface area contributed by atoms with E-state index in [-0.39, 0.29) is 0 Å². The molecule has 0 amide bonds. The van der Waals surface area contributed by atoms with Gasteiger partial charge in [0.2, 0.25) is 0 Å². The molecule has 16 heavy (non-hydrogen) atoms. The number of rotatable bonds is 2. The minimum absolute atomic E-state index is 0.577. The van der Waals surface area contributed by atoms with Gasteiger partial charge in [0.25, 0.3) is 0 Å². The van der Waals surface area contributed by atoms with Crippen molar-refractivity contribution in [2.24, 2.45) is 17.8 Å². The third-order valence-electron chi connectivity index (χ3n) is 4.00. The second kappa shape index (κ2) is 4.67. The maximum absolute atomic E-state index is 3.92. The van der Waals surface area contributed by atoms with Gasteiger partial charge in [-0.3, -0.25) is 0 Å². The van der Waals surface area contributed by atoms with E-state index in [4.69, 9.17) is 0 Å². The van der Waals surface area contributed by atoms with E-state index in [1.807, 2.05) is 11.3 Å². The van der Waals surface area contributed by atoms with Gasteiger partial charge in [0.05, 0.1) is 8.61 Å². The summed E-state index contributed by atoms with van der Waals surface area (Å²) < 4.78 is 2.41. The molecular formula is C12H13Br3S. The van der Waals surface area contributed by atoms with Crippen molar-refractivity contribution in [1.29, 1.82) is 0 Å². The summed E-state index contributed by atoms with van der Waals surface area (Å²) in [6, 6.07) is 2.26. The Balaban J connectivity index is 1.76. The van der Waals surface area contributed by atoms with Crippen molar-refractivity contribution in [2.45, 2.75) is 30.5 Å². The van der Waals surface area contributed by atoms with Gasteiger partial charge >= 0.3 is 0 Å². The molecule has 0 N–H and O–H groups in total. The summed E-state index contributed by atoms with van der Waals surface area (Å²) in [4.78, 5) is 2.05. The van der Waals surface area contributed by atoms with Gasteiger partial charge in [0, 0.05) is 9.35 Å². The Morgan fingerprint density at radius 1 is 1.19 bits per heavy atom. The Morgan fingerprint density at radius 3 is 2.31 bits per heavy atom. The van der Waals surface area contributed by atoms with E-state index in [9.17, 15) is 0 Å². The number of alkyl halides is 1. The third kappa shape index (κ3) is 2.08. The first kappa shape index (κ1) is 12.2. The number of halogens is 3. The summed E-state index contributed by atoms with van der Waals surface area (Å²) in [5.41, 5.74) is 0. The average molecular weight is 429 g/mol. The molecule has 88 valence electrons. The van der Waals surface area contributed by atoms with Crippen LogP contribution in [0.3, 0.4) is 0 Å². The fraction of sp³-hybridized carbons (Fsp3) is 0.667. The Kier molecular flexibility index (Phi) is 3.56. The highest BCUT2D eigenvalue weighted by Gasteiger charge is 2.54. The molecule has 1 aromatic heterocycles. The van der Waals surface area contributed by atoms with Crippen molar-refractivity contribution in [3.8, 4) is 0 Å². The van der Waals surface area contributed by atoms with Crippen LogP contribution in [0.5, 0.6) is 0 Å². The minimum atomic E-state index is 0.577. The van der Waals surface area contributed by atoms with Crippen molar-refractivity contribution >= 4 is 59.1 Å². The molecule has 1 aromatic rings. The summed E-state index contributed by atoms with van der Waals surface area (Å²) in [5, 5.41) is 0. The molecule has 3 rings (SSSR count). The van der Waals surface area contributed by atoms with Gasteiger partial charge < -0.3 is 0 Å². The molecular weight excluding hydrogens is 416 g/mol. The minimum Gasteiger partial charge on any atom is -0.131 e. The molecule has 2 aliphatic rings. The van der Waals surface area contributed by atoms with Gasteiger partial charge in [-0.05, 0) is 68.5 Å². The molecule has 0 spiro atoms. The summed E-state index contributed by atoms with van der Waals surface area (Å²) >= 11 is 12.9. The van der Waals surface area contributed by atoms with Crippen LogP contribution in [-0.2, 0) is 0 Å². The second-order valence-corrected chi connectivity index (χ2v) is 9.10. The van der Waals surface area contributed by atoms with Crippen molar-refractivity contribution in [2.75, 3.05) is 0 Å². The standard InChI is InChI=1S/C12H13Br3S/c13-8-5-9(16-12(8)15)11(14)10-6-3-1-2-4-7(6)10/h5-7,10-11H,1-4H2. The molecule has 0 aliphatic heterocycles. The largest absolute Gasteiger partial charge is 0.131 e. The Bertz CT molecular complexity index is 369. The zero-order valence-electron chi connectivity index (χ0n) is 8.76. The lowest BCUT2D eigenvalue weighted by Gasteiger charge is -2.05. The topological polar surface area (TPSA) is 0 Å². The van der Waals surface area contributed by atoms with Crippen molar-refractivity contribution in [3.05, 3.63) is 19.2 Å². The predicted molar refractivity (Wildman–Crippen MR) is 80.3 cm³/mol. The quantitative estimate of drug-likeness (QED) is 0.496. The van der Waals surface area contributed by atoms with E-state index < -0.39 is 0 Å². The molecule has 0 nitrogen and oxygen atoms in total. The highest BCUT2D eigenvalue weighted by Crippen LogP contribution is 2.63. The van der Waals surface area contributed by atoms with Crippen molar-refractivity contribution < 1.29 is 0 Å². The molecule has 3 unspecified atom stereocenters. The number of hydrogen-bond acceptors (Lipinski definition) is 1. The van der Waals surface area contributed by atoms with Gasteiger partial charge in [0.1, 0.15) is 0 Å². The number of fused-ring (bicyclic) bond motifs is 1. The van der Waals surface area contributed by atoms with E-state index in [1.54, 1.807) is 0 Å². The second-order valence-electron chi connectivity index (χ2n) is 4.86. The van der Waals surface area contributed by atoms with Gasteiger partial charge in [0.15, 0.2) is 0 Å². The lowest BCUT2D eigenvalue weighted by atomic mass is 10.0. The Hall–Kier alpha value is 1.14. The van der Waals surface area contributed by atoms with E-state index in [0.717, 1.165) is 17.8 Å². The summed E-state index contributed by atoms with van der Waals surface area (Å²) in [6.45, 7) is 0. The summed E-state index contributed by atoms with van der Waals surface area (Å²) in [6.07, 6.45) is 5.83. The van der Waals surface area contributed by atoms with Crippen LogP contribution in [0.4, 0.5) is 0 Å². The lowest BCUT2D eigenvalue weighted by molar-refractivity contribution is 0.480. The zero-order valence-corrected chi connectivity index (χ0v) is 14.3. The first-order chi connectivity index (χ1) is 7.68. The highest BCUT2D eigenvalue weighted by atomic mass is 79.9. The Labute approximate surface area is 126 Å². The number of thiophene rings is 1. The van der Waals surface area contributed by atoms with Crippen LogP contribution in [-0.4, -0.2) is 0 Å². The van der Waals surface area contributed by atoms with Crippen LogP contribution < -0.4 is 0 Å². The van der Waals surface area contributed by atoms with Gasteiger partial charge in [-0.1, -0.05) is 28.8 Å². The number of hydrogen-bond donors (Lipinski definition) is 0. The molecule has 0 aromatic carbocycles. The normalized spacial score (nSPS) is 34.6. The molecule has 2 fully saturated rings. The summed E-state index contributed by atoms with van der Waals surface area (Å²) in [5.74, 6) is 2.93. The van der Waals surface area contributed by atoms with E-state index in [0.29, 0.717) is 4.83 Å². The fourth-order valence-corrected chi connectivity index (χ4v) is 6.49. The predicted octanol–water partition coefficient (Wildman–Crippen LogP) is 6.15. The maximum atomic E-state index is 3.92. The van der Waals surface area contributed by atoms with E-state index in [2.05, 4.69) is 53.9 Å². The van der Waals surface area contributed by atoms with Gasteiger partial charge in [-0.25, -0.2) is 0 Å². The molecule has 4 heteroatoms. The summed E-state index contributed by atoms with van der Waals surface area (Å²) in [7, 11) is 0. The van der Waals surface area contributed by atoms with Crippen molar-refractivity contribution in [1.82, 2.24) is 0 Å². The first-order valence-corrected chi connectivity index (χ1v) is 9.09. The van der Waals surface area contributed by atoms with Crippen LogP contribution >= 0.6 is 59.1 Å². The van der Waals surface area contributed by atoms with E-state index >= 15 is 0 Å². The monoisotopic (exact) mass is 426 g/mol. The van der Waals surface area contributed by atoms with Crippen LogP contribution in [0.1, 0.15) is 35.4 Å². The van der Waals surface area contributed by atoms with Crippen LogP contribution in [0.2, 0.25) is 0 Å². The fourth-order valence-electron chi connectivity index (χ4n) is 3.17. The average Bonchev–Trinajstić information content (AvgIpc) is 2.91. The lowest BCUT2D eigenvalue weighted by Crippen LogP contribution is -1.91. The molecule has 0 saturated heterocycles. The smallest absolute Gasteiger partial charge is 0.0843 e. The van der Waals surface area contributed by atoms with Gasteiger partial charge in [-0.15, -0.1) is 11.3 Å². The first-order valence-electron chi connectivity index (χ1n) is 5.77. The maximum Gasteiger partial charge on any atom is 0.0843 e. The van der Waals surface area contributed by atoms with E-state index in [1.165, 1.54) is 38.8 Å².